The Bertz CT molecular complexity index is 397. The van der Waals surface area contributed by atoms with Crippen LogP contribution < -0.4 is 5.73 Å². The Labute approximate surface area is 122 Å². The van der Waals surface area contributed by atoms with Gasteiger partial charge >= 0.3 is 0 Å². The molecule has 1 heterocycles. The highest BCUT2D eigenvalue weighted by molar-refractivity contribution is 5.73. The van der Waals surface area contributed by atoms with Gasteiger partial charge < -0.3 is 10.6 Å². The van der Waals surface area contributed by atoms with Crippen LogP contribution in [0.3, 0.4) is 0 Å². The van der Waals surface area contributed by atoms with Gasteiger partial charge in [-0.15, -0.1) is 0 Å². The van der Waals surface area contributed by atoms with E-state index >= 15 is 0 Å². The lowest BCUT2D eigenvalue weighted by molar-refractivity contribution is -0.118. The van der Waals surface area contributed by atoms with Crippen LogP contribution in [-0.4, -0.2) is 30.4 Å². The van der Waals surface area contributed by atoms with Crippen LogP contribution in [0.5, 0.6) is 0 Å². The molecule has 110 valence electrons. The molecule has 3 heteroatoms. The Hall–Kier alpha value is -1.35. The van der Waals surface area contributed by atoms with Crippen molar-refractivity contribution in [1.82, 2.24) is 4.90 Å². The third kappa shape index (κ3) is 5.33. The topological polar surface area (TPSA) is 46.3 Å². The highest BCUT2D eigenvalue weighted by Gasteiger charge is 2.18. The van der Waals surface area contributed by atoms with Crippen LogP contribution in [0.2, 0.25) is 0 Å². The van der Waals surface area contributed by atoms with E-state index in [1.807, 2.05) is 0 Å². The van der Waals surface area contributed by atoms with Crippen molar-refractivity contribution in [3.8, 4) is 0 Å². The first-order chi connectivity index (χ1) is 9.74. The summed E-state index contributed by atoms with van der Waals surface area (Å²) in [6, 6.07) is 10.8. The highest BCUT2D eigenvalue weighted by Crippen LogP contribution is 2.21. The minimum absolute atomic E-state index is 0.174. The first kappa shape index (κ1) is 15.0. The number of likely N-dealkylation sites (tertiary alicyclic amines) is 1. The summed E-state index contributed by atoms with van der Waals surface area (Å²) in [6.45, 7) is 3.52. The zero-order chi connectivity index (χ0) is 14.2. The molecule has 3 nitrogen and oxygen atoms in total. The van der Waals surface area contributed by atoms with Gasteiger partial charge in [0.25, 0.3) is 0 Å². The molecular formula is C17H26N2O. The second-order valence-corrected chi connectivity index (χ2v) is 5.90. The molecule has 0 bridgehead atoms. The van der Waals surface area contributed by atoms with E-state index in [0.717, 1.165) is 25.3 Å². The minimum Gasteiger partial charge on any atom is -0.370 e. The van der Waals surface area contributed by atoms with E-state index < -0.39 is 0 Å². The molecule has 1 aliphatic heterocycles. The van der Waals surface area contributed by atoms with Crippen molar-refractivity contribution in [3.63, 3.8) is 0 Å². The van der Waals surface area contributed by atoms with Crippen LogP contribution in [-0.2, 0) is 11.2 Å². The van der Waals surface area contributed by atoms with Crippen molar-refractivity contribution < 1.29 is 4.79 Å². The molecule has 2 rings (SSSR count). The van der Waals surface area contributed by atoms with Gasteiger partial charge in [-0.25, -0.2) is 0 Å². The lowest BCUT2D eigenvalue weighted by atomic mass is 9.90. The first-order valence-corrected chi connectivity index (χ1v) is 7.78. The van der Waals surface area contributed by atoms with Crippen molar-refractivity contribution in [2.24, 2.45) is 11.7 Å². The van der Waals surface area contributed by atoms with Crippen molar-refractivity contribution in [2.75, 3.05) is 19.6 Å². The van der Waals surface area contributed by atoms with E-state index in [4.69, 9.17) is 5.73 Å². The van der Waals surface area contributed by atoms with Gasteiger partial charge in [0.2, 0.25) is 5.91 Å². The Morgan fingerprint density at radius 3 is 2.50 bits per heavy atom. The summed E-state index contributed by atoms with van der Waals surface area (Å²) in [4.78, 5) is 13.2. The van der Waals surface area contributed by atoms with E-state index in [1.165, 1.54) is 37.9 Å². The lowest BCUT2D eigenvalue weighted by Crippen LogP contribution is -2.35. The molecule has 0 unspecified atom stereocenters. The molecule has 1 amide bonds. The molecule has 1 aliphatic rings. The number of hydrogen-bond donors (Lipinski definition) is 1. The summed E-state index contributed by atoms with van der Waals surface area (Å²) < 4.78 is 0. The van der Waals surface area contributed by atoms with Crippen molar-refractivity contribution in [3.05, 3.63) is 35.9 Å². The third-order valence-electron chi connectivity index (χ3n) is 4.22. The largest absolute Gasteiger partial charge is 0.370 e. The molecule has 2 N–H and O–H groups in total. The smallest absolute Gasteiger partial charge is 0.217 e. The molecule has 0 atom stereocenters. The molecule has 1 saturated heterocycles. The summed E-state index contributed by atoms with van der Waals surface area (Å²) in [7, 11) is 0. The summed E-state index contributed by atoms with van der Waals surface area (Å²) in [6.07, 6.45) is 6.36. The molecule has 0 radical (unpaired) electrons. The van der Waals surface area contributed by atoms with E-state index in [9.17, 15) is 4.79 Å². The Morgan fingerprint density at radius 2 is 1.85 bits per heavy atom. The molecule has 0 saturated carbocycles. The predicted octanol–water partition coefficient (Wildman–Crippen LogP) is 2.60. The van der Waals surface area contributed by atoms with Gasteiger partial charge in [-0.3, -0.25) is 4.79 Å². The van der Waals surface area contributed by atoms with Crippen molar-refractivity contribution in [1.29, 1.82) is 0 Å². The zero-order valence-corrected chi connectivity index (χ0v) is 12.3. The molecule has 0 aromatic heterocycles. The fraction of sp³-hybridized carbons (Fsp3) is 0.588. The normalized spacial score (nSPS) is 17.2. The molecule has 1 aromatic carbocycles. The average molecular weight is 274 g/mol. The predicted molar refractivity (Wildman–Crippen MR) is 82.4 cm³/mol. The Morgan fingerprint density at radius 1 is 1.15 bits per heavy atom. The molecule has 0 spiro atoms. The van der Waals surface area contributed by atoms with Gasteiger partial charge in [0.1, 0.15) is 0 Å². The maximum Gasteiger partial charge on any atom is 0.217 e. The monoisotopic (exact) mass is 274 g/mol. The number of nitrogens with zero attached hydrogens (tertiary/aromatic N) is 1. The van der Waals surface area contributed by atoms with E-state index in [-0.39, 0.29) is 5.91 Å². The number of carbonyl (C=O) groups is 1. The summed E-state index contributed by atoms with van der Waals surface area (Å²) in [5, 5.41) is 0. The van der Waals surface area contributed by atoms with Crippen molar-refractivity contribution >= 4 is 5.91 Å². The zero-order valence-electron chi connectivity index (χ0n) is 12.3. The number of piperidine rings is 1. The fourth-order valence-corrected chi connectivity index (χ4v) is 3.00. The number of benzene rings is 1. The second kappa shape index (κ2) is 8.05. The van der Waals surface area contributed by atoms with E-state index in [1.54, 1.807) is 0 Å². The number of unbranched alkanes of at least 4 members (excludes halogenated alkanes) is 1. The number of hydrogen-bond acceptors (Lipinski definition) is 2. The molecule has 1 aromatic rings. The molecular weight excluding hydrogens is 248 g/mol. The third-order valence-corrected chi connectivity index (χ3v) is 4.22. The maximum absolute atomic E-state index is 10.7. The molecule has 20 heavy (non-hydrogen) atoms. The van der Waals surface area contributed by atoms with Crippen LogP contribution in [0.4, 0.5) is 0 Å². The van der Waals surface area contributed by atoms with Crippen LogP contribution in [0, 0.1) is 5.92 Å². The SMILES string of the molecule is NC(=O)CCCCN1CCC(Cc2ccccc2)CC1. The van der Waals surface area contributed by atoms with Gasteiger partial charge in [0, 0.05) is 6.42 Å². The summed E-state index contributed by atoms with van der Waals surface area (Å²) in [5.41, 5.74) is 6.62. The summed E-state index contributed by atoms with van der Waals surface area (Å²) in [5.74, 6) is 0.658. The second-order valence-electron chi connectivity index (χ2n) is 5.90. The Kier molecular flexibility index (Phi) is 6.06. The standard InChI is InChI=1S/C17H26N2O/c18-17(20)8-4-5-11-19-12-9-16(10-13-19)14-15-6-2-1-3-7-15/h1-3,6-7,16H,4-5,8-14H2,(H2,18,20). The van der Waals surface area contributed by atoms with E-state index in [2.05, 4.69) is 35.2 Å². The van der Waals surface area contributed by atoms with E-state index in [0.29, 0.717) is 6.42 Å². The van der Waals surface area contributed by atoms with Crippen LogP contribution in [0.25, 0.3) is 0 Å². The van der Waals surface area contributed by atoms with Gasteiger partial charge in [0.05, 0.1) is 0 Å². The average Bonchev–Trinajstić information content (AvgIpc) is 2.46. The summed E-state index contributed by atoms with van der Waals surface area (Å²) >= 11 is 0. The van der Waals surface area contributed by atoms with Gasteiger partial charge in [-0.2, -0.15) is 0 Å². The van der Waals surface area contributed by atoms with Crippen LogP contribution in [0.15, 0.2) is 30.3 Å². The van der Waals surface area contributed by atoms with Gasteiger partial charge in [0.15, 0.2) is 0 Å². The number of amides is 1. The Balaban J connectivity index is 1.61. The number of nitrogens with two attached hydrogens (primary N) is 1. The van der Waals surface area contributed by atoms with Crippen LogP contribution in [0.1, 0.15) is 37.7 Å². The van der Waals surface area contributed by atoms with Gasteiger partial charge in [-0.1, -0.05) is 30.3 Å². The van der Waals surface area contributed by atoms with Crippen LogP contribution >= 0.6 is 0 Å². The quantitative estimate of drug-likeness (QED) is 0.777. The first-order valence-electron chi connectivity index (χ1n) is 7.78. The lowest BCUT2D eigenvalue weighted by Gasteiger charge is -2.32. The number of carbonyl (C=O) groups excluding carboxylic acids is 1. The molecule has 0 aliphatic carbocycles. The van der Waals surface area contributed by atoms with Gasteiger partial charge in [-0.05, 0) is 63.2 Å². The molecule has 1 fully saturated rings. The number of primary amides is 1. The minimum atomic E-state index is -0.174. The highest BCUT2D eigenvalue weighted by atomic mass is 16.1. The fourth-order valence-electron chi connectivity index (χ4n) is 3.00. The number of rotatable bonds is 7. The van der Waals surface area contributed by atoms with Crippen molar-refractivity contribution in [2.45, 2.75) is 38.5 Å². The maximum atomic E-state index is 10.7.